The van der Waals surface area contributed by atoms with Crippen molar-refractivity contribution in [3.05, 3.63) is 51.5 Å². The Hall–Kier alpha value is -2.04. The SMILES string of the molecule is CCOc1cc(C#N)cc(Br)c1OS(=O)(=O)c1ccc2c(c1)CCC2. The molecule has 0 fully saturated rings. The second-order valence-electron chi connectivity index (χ2n) is 5.65. The molecule has 5 nitrogen and oxygen atoms in total. The van der Waals surface area contributed by atoms with Crippen molar-refractivity contribution in [2.24, 2.45) is 0 Å². The van der Waals surface area contributed by atoms with Crippen LogP contribution in [0.5, 0.6) is 11.5 Å². The van der Waals surface area contributed by atoms with Gasteiger partial charge in [-0.25, -0.2) is 0 Å². The first kappa shape index (κ1) is 17.8. The summed E-state index contributed by atoms with van der Waals surface area (Å²) in [5.41, 5.74) is 2.58. The largest absolute Gasteiger partial charge is 0.490 e. The molecule has 0 amide bonds. The van der Waals surface area contributed by atoms with Crippen LogP contribution in [0.3, 0.4) is 0 Å². The van der Waals surface area contributed by atoms with Gasteiger partial charge >= 0.3 is 10.1 Å². The van der Waals surface area contributed by atoms with Crippen molar-refractivity contribution in [3.63, 3.8) is 0 Å². The number of nitrogens with zero attached hydrogens (tertiary/aromatic N) is 1. The molecule has 3 rings (SSSR count). The third-order valence-corrected chi connectivity index (χ3v) is 5.80. The van der Waals surface area contributed by atoms with E-state index in [1.807, 2.05) is 12.1 Å². The summed E-state index contributed by atoms with van der Waals surface area (Å²) in [6.07, 6.45) is 2.89. The van der Waals surface area contributed by atoms with Gasteiger partial charge in [0.2, 0.25) is 0 Å². The Bertz CT molecular complexity index is 964. The van der Waals surface area contributed by atoms with Gasteiger partial charge < -0.3 is 8.92 Å². The molecule has 2 aromatic carbocycles. The molecule has 0 heterocycles. The molecule has 1 aliphatic carbocycles. The van der Waals surface area contributed by atoms with E-state index < -0.39 is 10.1 Å². The van der Waals surface area contributed by atoms with Gasteiger partial charge in [0.1, 0.15) is 4.90 Å². The first-order valence-electron chi connectivity index (χ1n) is 7.87. The Labute approximate surface area is 155 Å². The number of hydrogen-bond donors (Lipinski definition) is 0. The van der Waals surface area contributed by atoms with Crippen LogP contribution in [0.15, 0.2) is 39.7 Å². The first-order valence-corrected chi connectivity index (χ1v) is 10.1. The number of hydrogen-bond acceptors (Lipinski definition) is 5. The number of nitriles is 1. The zero-order chi connectivity index (χ0) is 18.0. The molecule has 0 aromatic heterocycles. The highest BCUT2D eigenvalue weighted by molar-refractivity contribution is 9.10. The molecule has 0 saturated carbocycles. The number of rotatable bonds is 5. The van der Waals surface area contributed by atoms with Gasteiger partial charge in [0.05, 0.1) is 22.7 Å². The van der Waals surface area contributed by atoms with Gasteiger partial charge in [-0.2, -0.15) is 13.7 Å². The predicted octanol–water partition coefficient (Wildman–Crippen LogP) is 3.98. The lowest BCUT2D eigenvalue weighted by atomic mass is 10.1. The maximum Gasteiger partial charge on any atom is 0.339 e. The lowest BCUT2D eigenvalue weighted by Gasteiger charge is -2.14. The molecule has 0 atom stereocenters. The lowest BCUT2D eigenvalue weighted by molar-refractivity contribution is 0.327. The van der Waals surface area contributed by atoms with E-state index in [2.05, 4.69) is 15.9 Å². The minimum Gasteiger partial charge on any atom is -0.490 e. The van der Waals surface area contributed by atoms with Gasteiger partial charge in [0.15, 0.2) is 11.5 Å². The molecule has 2 aromatic rings. The predicted molar refractivity (Wildman–Crippen MR) is 96.3 cm³/mol. The topological polar surface area (TPSA) is 76.4 Å². The molecule has 0 spiro atoms. The summed E-state index contributed by atoms with van der Waals surface area (Å²) in [6, 6.07) is 10.0. The zero-order valence-electron chi connectivity index (χ0n) is 13.6. The van der Waals surface area contributed by atoms with Gasteiger partial charge in [0.25, 0.3) is 0 Å². The fourth-order valence-corrected chi connectivity index (χ4v) is 4.48. The summed E-state index contributed by atoms with van der Waals surface area (Å²) in [4.78, 5) is 0.117. The Morgan fingerprint density at radius 1 is 1.20 bits per heavy atom. The van der Waals surface area contributed by atoms with E-state index in [-0.39, 0.29) is 16.4 Å². The second kappa shape index (κ2) is 7.06. The molecule has 1 aliphatic rings. The van der Waals surface area contributed by atoms with E-state index in [1.54, 1.807) is 19.1 Å². The highest BCUT2D eigenvalue weighted by atomic mass is 79.9. The van der Waals surface area contributed by atoms with Crippen molar-refractivity contribution in [1.82, 2.24) is 0 Å². The maximum absolute atomic E-state index is 12.7. The molecule has 7 heteroatoms. The van der Waals surface area contributed by atoms with Crippen molar-refractivity contribution >= 4 is 26.0 Å². The van der Waals surface area contributed by atoms with Gasteiger partial charge in [-0.1, -0.05) is 6.07 Å². The van der Waals surface area contributed by atoms with Crippen LogP contribution in [0.4, 0.5) is 0 Å². The van der Waals surface area contributed by atoms with E-state index >= 15 is 0 Å². The van der Waals surface area contributed by atoms with Gasteiger partial charge in [-0.3, -0.25) is 0 Å². The van der Waals surface area contributed by atoms with Crippen molar-refractivity contribution in [2.45, 2.75) is 31.1 Å². The van der Waals surface area contributed by atoms with Gasteiger partial charge in [0, 0.05) is 6.07 Å². The minimum absolute atomic E-state index is 0.0429. The van der Waals surface area contributed by atoms with Crippen LogP contribution in [0.2, 0.25) is 0 Å². The smallest absolute Gasteiger partial charge is 0.339 e. The van der Waals surface area contributed by atoms with Crippen LogP contribution in [-0.2, 0) is 23.0 Å². The van der Waals surface area contributed by atoms with Crippen molar-refractivity contribution in [2.75, 3.05) is 6.61 Å². The lowest BCUT2D eigenvalue weighted by Crippen LogP contribution is -2.12. The van der Waals surface area contributed by atoms with Gasteiger partial charge in [-0.15, -0.1) is 0 Å². The summed E-state index contributed by atoms with van der Waals surface area (Å²) in [5.74, 6) is 0.250. The quantitative estimate of drug-likeness (QED) is 0.682. The van der Waals surface area contributed by atoms with Crippen LogP contribution in [0.25, 0.3) is 0 Å². The van der Waals surface area contributed by atoms with Crippen LogP contribution < -0.4 is 8.92 Å². The zero-order valence-corrected chi connectivity index (χ0v) is 16.0. The van der Waals surface area contributed by atoms with Gasteiger partial charge in [-0.05, 0) is 71.4 Å². The number of fused-ring (bicyclic) bond motifs is 1. The average molecular weight is 422 g/mol. The molecular formula is C18H16BrNO4S. The van der Waals surface area contributed by atoms with Crippen LogP contribution in [0.1, 0.15) is 30.0 Å². The monoisotopic (exact) mass is 421 g/mol. The van der Waals surface area contributed by atoms with Crippen LogP contribution in [0, 0.1) is 11.3 Å². The summed E-state index contributed by atoms with van der Waals surface area (Å²) >= 11 is 3.26. The summed E-state index contributed by atoms with van der Waals surface area (Å²) in [6.45, 7) is 2.09. The Balaban J connectivity index is 2.00. The van der Waals surface area contributed by atoms with Crippen LogP contribution >= 0.6 is 15.9 Å². The highest BCUT2D eigenvalue weighted by Crippen LogP contribution is 2.39. The number of ether oxygens (including phenoxy) is 1. The fourth-order valence-electron chi connectivity index (χ4n) is 2.84. The molecular weight excluding hydrogens is 406 g/mol. The molecule has 0 bridgehead atoms. The molecule has 0 aliphatic heterocycles. The standard InChI is InChI=1S/C18H16BrNO4S/c1-2-23-17-9-12(11-20)8-16(19)18(17)24-25(21,22)15-7-6-13-4-3-5-14(13)10-15/h6-10H,2-5H2,1H3. The van der Waals surface area contributed by atoms with E-state index in [0.29, 0.717) is 16.6 Å². The number of benzene rings is 2. The summed E-state index contributed by atoms with van der Waals surface area (Å²) in [5, 5.41) is 9.06. The molecule has 0 N–H and O–H groups in total. The van der Waals surface area contributed by atoms with E-state index in [1.165, 1.54) is 17.7 Å². The molecule has 0 unspecified atom stereocenters. The summed E-state index contributed by atoms with van der Waals surface area (Å²) in [7, 11) is -4.01. The average Bonchev–Trinajstić information content (AvgIpc) is 3.05. The van der Waals surface area contributed by atoms with Crippen molar-refractivity contribution in [3.8, 4) is 17.6 Å². The highest BCUT2D eigenvalue weighted by Gasteiger charge is 2.24. The van der Waals surface area contributed by atoms with E-state index in [0.717, 1.165) is 24.8 Å². The van der Waals surface area contributed by atoms with E-state index in [9.17, 15) is 8.42 Å². The normalized spacial score (nSPS) is 13.2. The molecule has 25 heavy (non-hydrogen) atoms. The minimum atomic E-state index is -4.01. The van der Waals surface area contributed by atoms with E-state index in [4.69, 9.17) is 14.2 Å². The maximum atomic E-state index is 12.7. The Kier molecular flexibility index (Phi) is 5.02. The van der Waals surface area contributed by atoms with Crippen molar-refractivity contribution < 1.29 is 17.3 Å². The fraction of sp³-hybridized carbons (Fsp3) is 0.278. The third kappa shape index (κ3) is 3.65. The van der Waals surface area contributed by atoms with Crippen LogP contribution in [-0.4, -0.2) is 15.0 Å². The number of halogens is 1. The molecule has 0 radical (unpaired) electrons. The second-order valence-corrected chi connectivity index (χ2v) is 8.05. The van der Waals surface area contributed by atoms with Crippen molar-refractivity contribution in [1.29, 1.82) is 5.26 Å². The molecule has 0 saturated heterocycles. The molecule has 130 valence electrons. The first-order chi connectivity index (χ1) is 11.9. The summed E-state index contributed by atoms with van der Waals surface area (Å²) < 4.78 is 36.5. The number of aryl methyl sites for hydroxylation is 2. The Morgan fingerprint density at radius 2 is 1.96 bits per heavy atom. The third-order valence-electron chi connectivity index (χ3n) is 3.99. The Morgan fingerprint density at radius 3 is 2.68 bits per heavy atom.